The molecule has 0 bridgehead atoms. The highest BCUT2D eigenvalue weighted by atomic mass is 35.5. The molecule has 142 valence electrons. The first-order valence-corrected chi connectivity index (χ1v) is 9.86. The smallest absolute Gasteiger partial charge is 0.331 e. The molecule has 0 aliphatic heterocycles. The van der Waals surface area contributed by atoms with E-state index in [2.05, 4.69) is 5.32 Å². The second-order valence-electron chi connectivity index (χ2n) is 5.92. The van der Waals surface area contributed by atoms with Crippen LogP contribution in [0.2, 0.25) is 5.02 Å². The molecule has 4 nitrogen and oxygen atoms in total. The van der Waals surface area contributed by atoms with Crippen LogP contribution in [-0.2, 0) is 14.3 Å². The molecular weight excluding hydrogens is 394 g/mol. The first-order chi connectivity index (χ1) is 13.6. The molecule has 1 N–H and O–H groups in total. The predicted molar refractivity (Wildman–Crippen MR) is 112 cm³/mol. The van der Waals surface area contributed by atoms with Crippen LogP contribution in [0.1, 0.15) is 22.0 Å². The lowest BCUT2D eigenvalue weighted by Crippen LogP contribution is -2.32. The van der Waals surface area contributed by atoms with E-state index in [0.29, 0.717) is 5.02 Å². The summed E-state index contributed by atoms with van der Waals surface area (Å²) in [6.07, 6.45) is 2.86. The monoisotopic (exact) mass is 411 g/mol. The Morgan fingerprint density at radius 3 is 2.61 bits per heavy atom. The van der Waals surface area contributed by atoms with E-state index in [1.54, 1.807) is 35.6 Å². The quantitative estimate of drug-likeness (QED) is 0.446. The number of carbonyl (C=O) groups excluding carboxylic acids is 2. The van der Waals surface area contributed by atoms with E-state index in [9.17, 15) is 9.59 Å². The molecule has 0 radical (unpaired) electrons. The van der Waals surface area contributed by atoms with Crippen LogP contribution >= 0.6 is 22.9 Å². The molecule has 0 aliphatic carbocycles. The molecule has 0 unspecified atom stereocenters. The van der Waals surface area contributed by atoms with Crippen molar-refractivity contribution in [2.24, 2.45) is 0 Å². The first-order valence-electron chi connectivity index (χ1n) is 8.60. The van der Waals surface area contributed by atoms with E-state index < -0.39 is 5.97 Å². The van der Waals surface area contributed by atoms with Crippen molar-refractivity contribution in [2.45, 2.75) is 6.04 Å². The van der Waals surface area contributed by atoms with Gasteiger partial charge in [0, 0.05) is 16.0 Å². The molecule has 3 aromatic rings. The van der Waals surface area contributed by atoms with E-state index in [0.717, 1.165) is 16.0 Å². The molecule has 6 heteroatoms. The summed E-state index contributed by atoms with van der Waals surface area (Å²) in [5.41, 5.74) is 1.74. The first kappa shape index (κ1) is 19.9. The Bertz CT molecular complexity index is 955. The van der Waals surface area contributed by atoms with E-state index in [1.807, 2.05) is 53.9 Å². The Labute approximate surface area is 172 Å². The number of benzene rings is 2. The lowest BCUT2D eigenvalue weighted by atomic mass is 10.1. The topological polar surface area (TPSA) is 55.4 Å². The van der Waals surface area contributed by atoms with Gasteiger partial charge in [0.15, 0.2) is 6.61 Å². The van der Waals surface area contributed by atoms with Gasteiger partial charge in [0.25, 0.3) is 5.91 Å². The highest BCUT2D eigenvalue weighted by Crippen LogP contribution is 2.25. The normalized spacial score (nSPS) is 11.9. The fraction of sp³-hybridized carbons (Fsp3) is 0.0909. The van der Waals surface area contributed by atoms with Gasteiger partial charge in [0.1, 0.15) is 0 Å². The van der Waals surface area contributed by atoms with Crippen LogP contribution in [0.5, 0.6) is 0 Å². The molecule has 1 aromatic heterocycles. The van der Waals surface area contributed by atoms with Crippen LogP contribution in [0, 0.1) is 0 Å². The number of ether oxygens (including phenoxy) is 1. The second-order valence-corrected chi connectivity index (χ2v) is 7.34. The van der Waals surface area contributed by atoms with Gasteiger partial charge in [0.2, 0.25) is 0 Å². The van der Waals surface area contributed by atoms with Gasteiger partial charge in [-0.05, 0) is 40.8 Å². The minimum Gasteiger partial charge on any atom is -0.452 e. The van der Waals surface area contributed by atoms with E-state index in [4.69, 9.17) is 16.3 Å². The van der Waals surface area contributed by atoms with Crippen molar-refractivity contribution < 1.29 is 14.3 Å². The van der Waals surface area contributed by atoms with Gasteiger partial charge in [-0.15, -0.1) is 11.3 Å². The summed E-state index contributed by atoms with van der Waals surface area (Å²) in [6, 6.07) is 20.3. The van der Waals surface area contributed by atoms with Crippen molar-refractivity contribution in [3.63, 3.8) is 0 Å². The summed E-state index contributed by atoms with van der Waals surface area (Å²) in [7, 11) is 0. The van der Waals surface area contributed by atoms with Crippen molar-refractivity contribution in [2.75, 3.05) is 6.61 Å². The fourth-order valence-electron chi connectivity index (χ4n) is 2.58. The zero-order chi connectivity index (χ0) is 19.8. The van der Waals surface area contributed by atoms with Crippen LogP contribution in [0.3, 0.4) is 0 Å². The molecular formula is C22H18ClNO3S. The Kier molecular flexibility index (Phi) is 7.00. The number of esters is 1. The van der Waals surface area contributed by atoms with Crippen LogP contribution in [0.4, 0.5) is 0 Å². The standard InChI is InChI=1S/C22H18ClNO3S/c23-18-9-4-6-16(14-18)11-12-21(26)27-15-20(25)24-22(19-10-5-13-28-19)17-7-2-1-3-8-17/h1-14,22H,15H2,(H,24,25)/b12-11+/t22-/m1/s1. The van der Waals surface area contributed by atoms with Gasteiger partial charge < -0.3 is 10.1 Å². The minimum absolute atomic E-state index is 0.283. The molecule has 0 saturated carbocycles. The van der Waals surface area contributed by atoms with Crippen molar-refractivity contribution in [3.8, 4) is 0 Å². The third-order valence-corrected chi connectivity index (χ3v) is 5.04. The van der Waals surface area contributed by atoms with Gasteiger partial charge in [-0.25, -0.2) is 4.79 Å². The second kappa shape index (κ2) is 9.88. The van der Waals surface area contributed by atoms with Gasteiger partial charge in [-0.3, -0.25) is 4.79 Å². The molecule has 1 heterocycles. The average Bonchev–Trinajstić information content (AvgIpc) is 3.24. The van der Waals surface area contributed by atoms with E-state index in [1.165, 1.54) is 6.08 Å². The fourth-order valence-corrected chi connectivity index (χ4v) is 3.58. The number of amides is 1. The van der Waals surface area contributed by atoms with Crippen LogP contribution in [0.25, 0.3) is 6.08 Å². The number of rotatable bonds is 7. The lowest BCUT2D eigenvalue weighted by molar-refractivity contribution is -0.143. The Morgan fingerprint density at radius 2 is 1.89 bits per heavy atom. The molecule has 0 aliphatic rings. The lowest BCUT2D eigenvalue weighted by Gasteiger charge is -2.18. The predicted octanol–water partition coefficient (Wildman–Crippen LogP) is 4.86. The van der Waals surface area contributed by atoms with Gasteiger partial charge >= 0.3 is 5.97 Å². The number of thiophene rings is 1. The molecule has 2 aromatic carbocycles. The summed E-state index contributed by atoms with van der Waals surface area (Å²) in [4.78, 5) is 25.2. The number of hydrogen-bond donors (Lipinski definition) is 1. The molecule has 0 spiro atoms. The van der Waals surface area contributed by atoms with Gasteiger partial charge in [0.05, 0.1) is 6.04 Å². The molecule has 28 heavy (non-hydrogen) atoms. The molecule has 0 fully saturated rings. The Balaban J connectivity index is 1.57. The zero-order valence-corrected chi connectivity index (χ0v) is 16.5. The Hall–Kier alpha value is -2.89. The van der Waals surface area contributed by atoms with E-state index in [-0.39, 0.29) is 18.6 Å². The number of carbonyl (C=O) groups is 2. The summed E-state index contributed by atoms with van der Waals surface area (Å²) in [6.45, 7) is -0.354. The average molecular weight is 412 g/mol. The maximum absolute atomic E-state index is 12.3. The molecule has 0 saturated heterocycles. The number of hydrogen-bond acceptors (Lipinski definition) is 4. The highest BCUT2D eigenvalue weighted by Gasteiger charge is 2.18. The van der Waals surface area contributed by atoms with Crippen LogP contribution in [-0.4, -0.2) is 18.5 Å². The summed E-state index contributed by atoms with van der Waals surface area (Å²) in [5.74, 6) is -0.964. The summed E-state index contributed by atoms with van der Waals surface area (Å²) < 4.78 is 5.04. The molecule has 1 amide bonds. The maximum atomic E-state index is 12.3. The SMILES string of the molecule is O=C(COC(=O)/C=C/c1cccc(Cl)c1)N[C@H](c1ccccc1)c1cccs1. The third kappa shape index (κ3) is 5.81. The van der Waals surface area contributed by atoms with Crippen molar-refractivity contribution >= 4 is 40.9 Å². The Morgan fingerprint density at radius 1 is 1.07 bits per heavy atom. The molecule has 3 rings (SSSR count). The van der Waals surface area contributed by atoms with Crippen LogP contribution in [0.15, 0.2) is 78.2 Å². The third-order valence-electron chi connectivity index (χ3n) is 3.87. The maximum Gasteiger partial charge on any atom is 0.331 e. The highest BCUT2D eigenvalue weighted by molar-refractivity contribution is 7.10. The van der Waals surface area contributed by atoms with Crippen molar-refractivity contribution in [1.82, 2.24) is 5.32 Å². The zero-order valence-electron chi connectivity index (χ0n) is 14.9. The van der Waals surface area contributed by atoms with Crippen molar-refractivity contribution in [1.29, 1.82) is 0 Å². The van der Waals surface area contributed by atoms with Gasteiger partial charge in [-0.1, -0.05) is 60.1 Å². The summed E-state index contributed by atoms with van der Waals surface area (Å²) >= 11 is 7.46. The summed E-state index contributed by atoms with van der Waals surface area (Å²) in [5, 5.41) is 5.46. The number of nitrogens with one attached hydrogen (secondary N) is 1. The largest absolute Gasteiger partial charge is 0.452 e. The van der Waals surface area contributed by atoms with Gasteiger partial charge in [-0.2, -0.15) is 0 Å². The minimum atomic E-state index is -0.595. The van der Waals surface area contributed by atoms with E-state index >= 15 is 0 Å². The molecule has 1 atom stereocenters. The number of halogens is 1. The van der Waals surface area contributed by atoms with Crippen LogP contribution < -0.4 is 5.32 Å². The van der Waals surface area contributed by atoms with Crippen molar-refractivity contribution in [3.05, 3.63) is 99.2 Å².